The molecule has 2 N–H and O–H groups in total. The van der Waals surface area contributed by atoms with Crippen molar-refractivity contribution in [3.63, 3.8) is 0 Å². The molecule has 7 nitrogen and oxygen atoms in total. The number of nitrogens with zero attached hydrogens (tertiary/aromatic N) is 2. The first-order valence-electron chi connectivity index (χ1n) is 5.94. The van der Waals surface area contributed by atoms with Gasteiger partial charge in [-0.3, -0.25) is 4.98 Å². The van der Waals surface area contributed by atoms with Crippen LogP contribution in [0.4, 0.5) is 11.5 Å². The van der Waals surface area contributed by atoms with Gasteiger partial charge in [0, 0.05) is 11.8 Å². The molecular formula is C13H11N3O4. The normalized spacial score (nSPS) is 12.8. The molecule has 0 saturated carbocycles. The van der Waals surface area contributed by atoms with Crippen molar-refractivity contribution in [2.75, 3.05) is 18.5 Å². The number of ether oxygens (including phenoxy) is 2. The molecule has 0 bridgehead atoms. The number of carbonyl (C=O) groups is 1. The Bertz CT molecular complexity index is 660. The molecule has 7 heteroatoms. The summed E-state index contributed by atoms with van der Waals surface area (Å²) >= 11 is 0. The van der Waals surface area contributed by atoms with Gasteiger partial charge in [0.05, 0.1) is 12.4 Å². The van der Waals surface area contributed by atoms with Crippen molar-refractivity contribution in [3.05, 3.63) is 36.3 Å². The highest BCUT2D eigenvalue weighted by molar-refractivity contribution is 5.85. The number of fused-ring (bicyclic) bond motifs is 1. The van der Waals surface area contributed by atoms with Crippen LogP contribution in [-0.2, 0) is 0 Å². The quantitative estimate of drug-likeness (QED) is 0.878. The van der Waals surface area contributed by atoms with Crippen LogP contribution < -0.4 is 14.8 Å². The van der Waals surface area contributed by atoms with E-state index in [0.717, 1.165) is 0 Å². The molecule has 0 fully saturated rings. The summed E-state index contributed by atoms with van der Waals surface area (Å²) in [6, 6.07) is 5.34. The van der Waals surface area contributed by atoms with Crippen LogP contribution in [0, 0.1) is 0 Å². The number of anilines is 2. The predicted octanol–water partition coefficient (Wildman–Crippen LogP) is 1.69. The number of aromatic nitrogens is 2. The Hall–Kier alpha value is -2.83. The van der Waals surface area contributed by atoms with Crippen molar-refractivity contribution in [2.24, 2.45) is 0 Å². The molecule has 0 aliphatic carbocycles. The highest BCUT2D eigenvalue weighted by Crippen LogP contribution is 2.33. The number of nitrogens with one attached hydrogen (secondary N) is 1. The summed E-state index contributed by atoms with van der Waals surface area (Å²) < 4.78 is 10.9. The molecule has 0 radical (unpaired) electrons. The van der Waals surface area contributed by atoms with Gasteiger partial charge in [-0.25, -0.2) is 9.78 Å². The van der Waals surface area contributed by atoms with Crippen LogP contribution in [-0.4, -0.2) is 34.3 Å². The van der Waals surface area contributed by atoms with Crippen LogP contribution >= 0.6 is 0 Å². The van der Waals surface area contributed by atoms with Crippen LogP contribution in [0.25, 0.3) is 0 Å². The zero-order valence-electron chi connectivity index (χ0n) is 10.4. The lowest BCUT2D eigenvalue weighted by Crippen LogP contribution is -2.15. The van der Waals surface area contributed by atoms with Crippen molar-refractivity contribution in [3.8, 4) is 11.5 Å². The zero-order chi connectivity index (χ0) is 13.9. The van der Waals surface area contributed by atoms with Gasteiger partial charge < -0.3 is 19.9 Å². The number of aromatic carboxylic acids is 1. The number of carboxylic acids is 1. The van der Waals surface area contributed by atoms with Crippen LogP contribution in [0.3, 0.4) is 0 Å². The summed E-state index contributed by atoms with van der Waals surface area (Å²) in [7, 11) is 0. The molecule has 2 aromatic rings. The fraction of sp³-hybridized carbons (Fsp3) is 0.154. The second-order valence-corrected chi connectivity index (χ2v) is 4.08. The number of hydrogen-bond acceptors (Lipinski definition) is 6. The molecule has 20 heavy (non-hydrogen) atoms. The molecule has 3 rings (SSSR count). The van der Waals surface area contributed by atoms with Gasteiger partial charge >= 0.3 is 5.97 Å². The molecule has 0 atom stereocenters. The molecule has 1 aliphatic heterocycles. The minimum Gasteiger partial charge on any atom is -0.486 e. The minimum atomic E-state index is -1.12. The van der Waals surface area contributed by atoms with E-state index in [1.807, 2.05) is 0 Å². The van der Waals surface area contributed by atoms with E-state index in [9.17, 15) is 4.79 Å². The Morgan fingerprint density at radius 2 is 2.00 bits per heavy atom. The highest BCUT2D eigenvalue weighted by Gasteiger charge is 2.12. The van der Waals surface area contributed by atoms with E-state index in [1.165, 1.54) is 12.4 Å². The Morgan fingerprint density at radius 1 is 1.20 bits per heavy atom. The molecule has 1 aromatic heterocycles. The van der Waals surface area contributed by atoms with Gasteiger partial charge in [0.15, 0.2) is 17.2 Å². The summed E-state index contributed by atoms with van der Waals surface area (Å²) in [6.07, 6.45) is 2.64. The van der Waals surface area contributed by atoms with Gasteiger partial charge in [-0.1, -0.05) is 0 Å². The molecule has 102 valence electrons. The first-order valence-corrected chi connectivity index (χ1v) is 5.94. The average Bonchev–Trinajstić information content (AvgIpc) is 2.47. The van der Waals surface area contributed by atoms with Crippen molar-refractivity contribution >= 4 is 17.5 Å². The van der Waals surface area contributed by atoms with Gasteiger partial charge in [0.25, 0.3) is 0 Å². The fourth-order valence-corrected chi connectivity index (χ4v) is 1.80. The van der Waals surface area contributed by atoms with Gasteiger partial charge in [-0.2, -0.15) is 0 Å². The van der Waals surface area contributed by atoms with Crippen molar-refractivity contribution < 1.29 is 19.4 Å². The van der Waals surface area contributed by atoms with Crippen LogP contribution in [0.5, 0.6) is 11.5 Å². The average molecular weight is 273 g/mol. The van der Waals surface area contributed by atoms with Crippen molar-refractivity contribution in [2.45, 2.75) is 0 Å². The summed E-state index contributed by atoms with van der Waals surface area (Å²) in [5.41, 5.74) is 0.596. The number of hydrogen-bond donors (Lipinski definition) is 2. The first-order chi connectivity index (χ1) is 9.72. The maximum Gasteiger partial charge on any atom is 0.356 e. The lowest BCUT2D eigenvalue weighted by atomic mass is 10.2. The van der Waals surface area contributed by atoms with E-state index >= 15 is 0 Å². The van der Waals surface area contributed by atoms with Crippen LogP contribution in [0.2, 0.25) is 0 Å². The van der Waals surface area contributed by atoms with Crippen LogP contribution in [0.15, 0.2) is 30.6 Å². The molecule has 0 amide bonds. The highest BCUT2D eigenvalue weighted by atomic mass is 16.6. The fourth-order valence-electron chi connectivity index (χ4n) is 1.80. The topological polar surface area (TPSA) is 93.6 Å². The largest absolute Gasteiger partial charge is 0.486 e. The van der Waals surface area contributed by atoms with Crippen molar-refractivity contribution in [1.29, 1.82) is 0 Å². The van der Waals surface area contributed by atoms with E-state index in [4.69, 9.17) is 14.6 Å². The SMILES string of the molecule is O=C(O)c1cncc(Nc2ccc3c(c2)OCCO3)n1. The predicted molar refractivity (Wildman–Crippen MR) is 69.7 cm³/mol. The molecule has 0 unspecified atom stereocenters. The van der Waals surface area contributed by atoms with Gasteiger partial charge in [0.2, 0.25) is 0 Å². The van der Waals surface area contributed by atoms with E-state index in [0.29, 0.717) is 36.2 Å². The molecule has 2 heterocycles. The summed E-state index contributed by atoms with van der Waals surface area (Å²) in [6.45, 7) is 1.04. The standard InChI is InChI=1S/C13H11N3O4/c17-13(18)9-6-14-7-12(16-9)15-8-1-2-10-11(5-8)20-4-3-19-10/h1-2,5-7H,3-4H2,(H,15,16)(H,17,18). The summed E-state index contributed by atoms with van der Waals surface area (Å²) in [5, 5.41) is 11.8. The first kappa shape index (κ1) is 12.2. The third-order valence-corrected chi connectivity index (χ3v) is 2.67. The Morgan fingerprint density at radius 3 is 2.80 bits per heavy atom. The second kappa shape index (κ2) is 5.04. The third kappa shape index (κ3) is 2.46. The number of benzene rings is 1. The zero-order valence-corrected chi connectivity index (χ0v) is 10.4. The Kier molecular flexibility index (Phi) is 3.08. The Labute approximate surface area is 114 Å². The van der Waals surface area contributed by atoms with E-state index in [1.54, 1.807) is 18.2 Å². The second-order valence-electron chi connectivity index (χ2n) is 4.08. The molecule has 0 spiro atoms. The third-order valence-electron chi connectivity index (χ3n) is 2.67. The number of rotatable bonds is 3. The van der Waals surface area contributed by atoms with Gasteiger partial charge in [0.1, 0.15) is 19.0 Å². The smallest absolute Gasteiger partial charge is 0.356 e. The molecule has 0 saturated heterocycles. The summed E-state index contributed by atoms with van der Waals surface area (Å²) in [4.78, 5) is 18.6. The Balaban J connectivity index is 1.84. The monoisotopic (exact) mass is 273 g/mol. The van der Waals surface area contributed by atoms with Gasteiger partial charge in [-0.15, -0.1) is 0 Å². The lowest BCUT2D eigenvalue weighted by Gasteiger charge is -2.19. The maximum absolute atomic E-state index is 10.8. The van der Waals surface area contributed by atoms with E-state index in [-0.39, 0.29) is 5.69 Å². The van der Waals surface area contributed by atoms with E-state index in [2.05, 4.69) is 15.3 Å². The van der Waals surface area contributed by atoms with E-state index < -0.39 is 5.97 Å². The molecular weight excluding hydrogens is 262 g/mol. The van der Waals surface area contributed by atoms with Crippen LogP contribution in [0.1, 0.15) is 10.5 Å². The minimum absolute atomic E-state index is 0.118. The number of carboxylic acid groups (broad SMARTS) is 1. The lowest BCUT2D eigenvalue weighted by molar-refractivity contribution is 0.0690. The summed E-state index contributed by atoms with van der Waals surface area (Å²) in [5.74, 6) is 0.556. The van der Waals surface area contributed by atoms with Gasteiger partial charge in [-0.05, 0) is 12.1 Å². The maximum atomic E-state index is 10.8. The van der Waals surface area contributed by atoms with Crippen molar-refractivity contribution in [1.82, 2.24) is 9.97 Å². The molecule has 1 aromatic carbocycles. The molecule has 1 aliphatic rings.